The molecule has 3 aromatic rings. The Hall–Kier alpha value is -2.58. The summed E-state index contributed by atoms with van der Waals surface area (Å²) < 4.78 is 15.1. The summed E-state index contributed by atoms with van der Waals surface area (Å²) in [4.78, 5) is 4.41. The Bertz CT molecular complexity index is 977. The molecule has 0 saturated carbocycles. The highest BCUT2D eigenvalue weighted by atomic mass is 35.5. The molecule has 0 amide bonds. The van der Waals surface area contributed by atoms with Crippen molar-refractivity contribution in [1.82, 2.24) is 24.5 Å². The van der Waals surface area contributed by atoms with Gasteiger partial charge in [0.15, 0.2) is 23.6 Å². The van der Waals surface area contributed by atoms with Crippen molar-refractivity contribution in [2.45, 2.75) is 32.4 Å². The van der Waals surface area contributed by atoms with E-state index in [1.165, 1.54) is 0 Å². The Morgan fingerprint density at radius 2 is 2.18 bits per heavy atom. The van der Waals surface area contributed by atoms with Gasteiger partial charge in [-0.05, 0) is 32.3 Å². The summed E-state index contributed by atoms with van der Waals surface area (Å²) in [5, 5.41) is 12.5. The van der Waals surface area contributed by atoms with Crippen molar-refractivity contribution in [1.29, 1.82) is 0 Å². The molecule has 1 saturated heterocycles. The van der Waals surface area contributed by atoms with Crippen molar-refractivity contribution >= 4 is 23.2 Å². The molecule has 9 heteroatoms. The number of aryl methyl sites for hydroxylation is 2. The van der Waals surface area contributed by atoms with Crippen LogP contribution >= 0.6 is 11.6 Å². The van der Waals surface area contributed by atoms with Crippen LogP contribution in [-0.2, 0) is 11.8 Å². The van der Waals surface area contributed by atoms with Gasteiger partial charge < -0.3 is 14.8 Å². The molecule has 148 valence electrons. The Morgan fingerprint density at radius 3 is 2.86 bits per heavy atom. The first kappa shape index (κ1) is 18.8. The highest BCUT2D eigenvalue weighted by molar-refractivity contribution is 6.30. The van der Waals surface area contributed by atoms with Gasteiger partial charge in [-0.25, -0.2) is 9.67 Å². The molecule has 1 fully saturated rings. The highest BCUT2D eigenvalue weighted by Crippen LogP contribution is 2.38. The fraction of sp³-hybridized carbons (Fsp3) is 0.421. The SMILES string of the molecule is COc1c(-c2cnn(C)c2)cc(Cl)nc1Nc1cc(C)n(C2CCCCO2)n1. The predicted octanol–water partition coefficient (Wildman–Crippen LogP) is 4.09. The van der Waals surface area contributed by atoms with Crippen LogP contribution in [0, 0.1) is 6.92 Å². The second-order valence-corrected chi connectivity index (χ2v) is 7.23. The topological polar surface area (TPSA) is 79.0 Å². The second kappa shape index (κ2) is 7.81. The average Bonchev–Trinajstić information content (AvgIpc) is 3.27. The predicted molar refractivity (Wildman–Crippen MR) is 107 cm³/mol. The van der Waals surface area contributed by atoms with Crippen LogP contribution in [0.3, 0.4) is 0 Å². The Kier molecular flexibility index (Phi) is 5.23. The van der Waals surface area contributed by atoms with Crippen LogP contribution in [0.1, 0.15) is 31.2 Å². The zero-order chi connectivity index (χ0) is 19.7. The molecule has 0 radical (unpaired) electrons. The number of nitrogens with one attached hydrogen (secondary N) is 1. The molecule has 1 aliphatic rings. The van der Waals surface area contributed by atoms with Crippen LogP contribution in [0.5, 0.6) is 5.75 Å². The van der Waals surface area contributed by atoms with E-state index in [1.807, 2.05) is 30.9 Å². The van der Waals surface area contributed by atoms with E-state index in [4.69, 9.17) is 21.1 Å². The fourth-order valence-electron chi connectivity index (χ4n) is 3.45. The first-order chi connectivity index (χ1) is 13.5. The third kappa shape index (κ3) is 3.70. The summed E-state index contributed by atoms with van der Waals surface area (Å²) in [5.41, 5.74) is 2.72. The molecule has 1 N–H and O–H groups in total. The van der Waals surface area contributed by atoms with Crippen LogP contribution in [0.4, 0.5) is 11.6 Å². The third-order valence-corrected chi connectivity index (χ3v) is 4.95. The number of anilines is 2. The third-order valence-electron chi connectivity index (χ3n) is 4.76. The molecule has 28 heavy (non-hydrogen) atoms. The van der Waals surface area contributed by atoms with Gasteiger partial charge in [0, 0.05) is 42.7 Å². The summed E-state index contributed by atoms with van der Waals surface area (Å²) in [6.45, 7) is 2.78. The Morgan fingerprint density at radius 1 is 1.32 bits per heavy atom. The van der Waals surface area contributed by atoms with Gasteiger partial charge >= 0.3 is 0 Å². The maximum Gasteiger partial charge on any atom is 0.176 e. The minimum atomic E-state index is -0.0236. The lowest BCUT2D eigenvalue weighted by Crippen LogP contribution is -2.20. The number of ether oxygens (including phenoxy) is 2. The quantitative estimate of drug-likeness (QED) is 0.647. The fourth-order valence-corrected chi connectivity index (χ4v) is 3.64. The molecule has 4 heterocycles. The van der Waals surface area contributed by atoms with Crippen LogP contribution in [0.15, 0.2) is 24.5 Å². The molecular formula is C19H23ClN6O2. The van der Waals surface area contributed by atoms with Crippen molar-refractivity contribution in [3.8, 4) is 16.9 Å². The van der Waals surface area contributed by atoms with Gasteiger partial charge in [-0.15, -0.1) is 0 Å². The number of halogens is 1. The lowest BCUT2D eigenvalue weighted by Gasteiger charge is -2.23. The molecule has 0 aliphatic carbocycles. The van der Waals surface area contributed by atoms with Gasteiger partial charge in [0.1, 0.15) is 5.15 Å². The van der Waals surface area contributed by atoms with Gasteiger partial charge in [0.05, 0.1) is 13.3 Å². The molecule has 3 aromatic heterocycles. The minimum Gasteiger partial charge on any atom is -0.492 e. The standard InChI is InChI=1S/C19H23ClN6O2/c1-12-8-16(24-26(12)17-6-4-5-7-28-17)23-19-18(27-3)14(9-15(20)22-19)13-10-21-25(2)11-13/h8-11,17H,4-7H2,1-3H3,(H,22,23,24). The van der Waals surface area contributed by atoms with Crippen molar-refractivity contribution < 1.29 is 9.47 Å². The van der Waals surface area contributed by atoms with Crippen LogP contribution < -0.4 is 10.1 Å². The number of hydrogen-bond acceptors (Lipinski definition) is 6. The molecule has 4 rings (SSSR count). The minimum absolute atomic E-state index is 0.0236. The van der Waals surface area contributed by atoms with Crippen LogP contribution in [0.25, 0.3) is 11.1 Å². The van der Waals surface area contributed by atoms with Gasteiger partial charge in [-0.3, -0.25) is 4.68 Å². The van der Waals surface area contributed by atoms with Gasteiger partial charge in [0.25, 0.3) is 0 Å². The molecule has 0 bridgehead atoms. The van der Waals surface area contributed by atoms with E-state index < -0.39 is 0 Å². The smallest absolute Gasteiger partial charge is 0.176 e. The molecule has 1 aliphatic heterocycles. The Labute approximate surface area is 168 Å². The summed E-state index contributed by atoms with van der Waals surface area (Å²) in [6, 6.07) is 3.73. The monoisotopic (exact) mass is 402 g/mol. The zero-order valence-corrected chi connectivity index (χ0v) is 16.9. The number of pyridine rings is 1. The van der Waals surface area contributed by atoms with Crippen LogP contribution in [-0.4, -0.2) is 38.3 Å². The summed E-state index contributed by atoms with van der Waals surface area (Å²) in [5.74, 6) is 1.75. The average molecular weight is 403 g/mol. The zero-order valence-electron chi connectivity index (χ0n) is 16.1. The molecule has 8 nitrogen and oxygen atoms in total. The maximum atomic E-state index is 6.28. The van der Waals surface area contributed by atoms with Crippen molar-refractivity contribution in [3.63, 3.8) is 0 Å². The number of aromatic nitrogens is 5. The normalized spacial score (nSPS) is 16.9. The lowest BCUT2D eigenvalue weighted by atomic mass is 10.1. The van der Waals surface area contributed by atoms with Gasteiger partial charge in [0.2, 0.25) is 0 Å². The summed E-state index contributed by atoms with van der Waals surface area (Å²) >= 11 is 6.28. The number of rotatable bonds is 5. The van der Waals surface area contributed by atoms with E-state index in [1.54, 1.807) is 24.1 Å². The number of methoxy groups -OCH3 is 1. The van der Waals surface area contributed by atoms with E-state index in [0.29, 0.717) is 22.5 Å². The molecule has 1 unspecified atom stereocenters. The first-order valence-electron chi connectivity index (χ1n) is 9.23. The van der Waals surface area contributed by atoms with E-state index >= 15 is 0 Å². The van der Waals surface area contributed by atoms with Crippen molar-refractivity contribution in [2.24, 2.45) is 7.05 Å². The van der Waals surface area contributed by atoms with Crippen LogP contribution in [0.2, 0.25) is 5.15 Å². The van der Waals surface area contributed by atoms with E-state index in [0.717, 1.165) is 42.7 Å². The number of nitrogens with zero attached hydrogens (tertiary/aromatic N) is 5. The number of hydrogen-bond donors (Lipinski definition) is 1. The first-order valence-corrected chi connectivity index (χ1v) is 9.61. The largest absolute Gasteiger partial charge is 0.492 e. The van der Waals surface area contributed by atoms with Crippen molar-refractivity contribution in [3.05, 3.63) is 35.4 Å². The summed E-state index contributed by atoms with van der Waals surface area (Å²) in [6.07, 6.45) is 6.85. The second-order valence-electron chi connectivity index (χ2n) is 6.84. The van der Waals surface area contributed by atoms with Crippen molar-refractivity contribution in [2.75, 3.05) is 19.0 Å². The highest BCUT2D eigenvalue weighted by Gasteiger charge is 2.21. The van der Waals surface area contributed by atoms with Gasteiger partial charge in [-0.2, -0.15) is 10.2 Å². The molecular weight excluding hydrogens is 380 g/mol. The van der Waals surface area contributed by atoms with Gasteiger partial charge in [-0.1, -0.05) is 11.6 Å². The molecule has 0 spiro atoms. The molecule has 1 atom stereocenters. The lowest BCUT2D eigenvalue weighted by molar-refractivity contribution is -0.0404. The van der Waals surface area contributed by atoms with E-state index in [9.17, 15) is 0 Å². The maximum absolute atomic E-state index is 6.28. The Balaban J connectivity index is 1.67. The molecule has 0 aromatic carbocycles. The van der Waals surface area contributed by atoms with E-state index in [2.05, 4.69) is 20.5 Å². The van der Waals surface area contributed by atoms with E-state index in [-0.39, 0.29) is 6.23 Å². The summed E-state index contributed by atoms with van der Waals surface area (Å²) in [7, 11) is 3.47.